The first kappa shape index (κ1) is 24.3. The Morgan fingerprint density at radius 3 is 2.81 bits per heavy atom. The number of carbonyl (C=O) groups excluding carboxylic acids is 1. The number of rotatable bonds is 11. The van der Waals surface area contributed by atoms with Crippen molar-refractivity contribution in [2.45, 2.75) is 45.6 Å². The molecule has 0 bridgehead atoms. The summed E-state index contributed by atoms with van der Waals surface area (Å²) >= 11 is 12.2. The largest absolute Gasteiger partial charge is 0.377 e. The van der Waals surface area contributed by atoms with Crippen LogP contribution < -0.4 is 0 Å². The first-order chi connectivity index (χ1) is 15.4. The van der Waals surface area contributed by atoms with Crippen LogP contribution in [0, 0.1) is 17.2 Å². The van der Waals surface area contributed by atoms with Crippen molar-refractivity contribution in [3.05, 3.63) is 63.4 Å². The minimum absolute atomic E-state index is 0.00244. The van der Waals surface area contributed by atoms with Crippen LogP contribution in [0.3, 0.4) is 0 Å². The lowest BCUT2D eigenvalue weighted by molar-refractivity contribution is 0.0965. The van der Waals surface area contributed by atoms with Crippen LogP contribution >= 0.6 is 23.2 Å². The number of Topliss-reactive ketones (excluding diaryl/α,β-unsaturated/α-hetero) is 1. The summed E-state index contributed by atoms with van der Waals surface area (Å²) in [5.74, 6) is 0.0391. The Balaban J connectivity index is 1.67. The van der Waals surface area contributed by atoms with Crippen LogP contribution in [0.1, 0.15) is 54.2 Å². The number of halogens is 2. The molecule has 3 rings (SSSR count). The highest BCUT2D eigenvalue weighted by molar-refractivity contribution is 6.31. The van der Waals surface area contributed by atoms with Crippen molar-refractivity contribution in [2.24, 2.45) is 13.0 Å². The summed E-state index contributed by atoms with van der Waals surface area (Å²) < 4.78 is 7.77. The van der Waals surface area contributed by atoms with E-state index in [2.05, 4.69) is 11.1 Å². The standard InChI is InChI=1S/C25H27Cl2N3O2/c1-17(9-10-28)12-23(31)24-21-14-20(27)15-29-25(21)30(2)22(24)8-3-4-11-32-16-18-6-5-7-19(26)13-18/h5-7,13-15,17H,3-4,8-9,11-12,16H2,1-2H3/t17-/m1/s1. The molecule has 0 saturated heterocycles. The predicted molar refractivity (Wildman–Crippen MR) is 128 cm³/mol. The maximum absolute atomic E-state index is 13.2. The van der Waals surface area contributed by atoms with Gasteiger partial charge in [-0.2, -0.15) is 5.26 Å². The second-order valence-electron chi connectivity index (χ2n) is 8.14. The van der Waals surface area contributed by atoms with Crippen LogP contribution in [0.25, 0.3) is 11.0 Å². The molecule has 0 amide bonds. The fraction of sp³-hybridized carbons (Fsp3) is 0.400. The number of nitriles is 1. The van der Waals surface area contributed by atoms with E-state index in [-0.39, 0.29) is 11.7 Å². The minimum Gasteiger partial charge on any atom is -0.377 e. The van der Waals surface area contributed by atoms with Crippen molar-refractivity contribution in [1.82, 2.24) is 9.55 Å². The number of unbranched alkanes of at least 4 members (excludes halogenated alkanes) is 1. The van der Waals surface area contributed by atoms with Crippen molar-refractivity contribution in [1.29, 1.82) is 5.26 Å². The molecule has 168 valence electrons. The molecule has 0 aliphatic carbocycles. The summed E-state index contributed by atoms with van der Waals surface area (Å²) in [4.78, 5) is 17.6. The summed E-state index contributed by atoms with van der Waals surface area (Å²) in [6.07, 6.45) is 4.77. The van der Waals surface area contributed by atoms with E-state index in [1.165, 1.54) is 0 Å². The van der Waals surface area contributed by atoms with Crippen LogP contribution in [0.15, 0.2) is 36.5 Å². The van der Waals surface area contributed by atoms with E-state index in [4.69, 9.17) is 33.2 Å². The van der Waals surface area contributed by atoms with Gasteiger partial charge < -0.3 is 9.30 Å². The molecule has 0 fully saturated rings. The molecule has 2 aromatic heterocycles. The molecular formula is C25H27Cl2N3O2. The number of ether oxygens (including phenoxy) is 1. The lowest BCUT2D eigenvalue weighted by atomic mass is 9.95. The number of pyridine rings is 1. The van der Waals surface area contributed by atoms with Gasteiger partial charge in [0.2, 0.25) is 0 Å². The van der Waals surface area contributed by atoms with Gasteiger partial charge in [0.1, 0.15) is 5.65 Å². The van der Waals surface area contributed by atoms with E-state index in [0.717, 1.165) is 41.6 Å². The number of benzene rings is 1. The Hall–Kier alpha value is -2.39. The molecule has 1 atom stereocenters. The highest BCUT2D eigenvalue weighted by Gasteiger charge is 2.23. The molecule has 7 heteroatoms. The highest BCUT2D eigenvalue weighted by atomic mass is 35.5. The third-order valence-corrected chi connectivity index (χ3v) is 5.92. The van der Waals surface area contributed by atoms with Crippen molar-refractivity contribution in [2.75, 3.05) is 6.61 Å². The number of nitrogens with zero attached hydrogens (tertiary/aromatic N) is 3. The zero-order valence-electron chi connectivity index (χ0n) is 18.4. The van der Waals surface area contributed by atoms with Crippen molar-refractivity contribution < 1.29 is 9.53 Å². The fourth-order valence-electron chi connectivity index (χ4n) is 3.90. The van der Waals surface area contributed by atoms with Crippen molar-refractivity contribution in [3.63, 3.8) is 0 Å². The molecule has 0 N–H and O–H groups in total. The molecule has 3 aromatic rings. The number of aromatic nitrogens is 2. The maximum Gasteiger partial charge on any atom is 0.165 e. The predicted octanol–water partition coefficient (Wildman–Crippen LogP) is 6.54. The number of ketones is 1. The van der Waals surface area contributed by atoms with E-state index >= 15 is 0 Å². The zero-order chi connectivity index (χ0) is 23.1. The molecule has 0 aliphatic heterocycles. The van der Waals surface area contributed by atoms with Gasteiger partial charge in [-0.05, 0) is 48.9 Å². The van der Waals surface area contributed by atoms with Gasteiger partial charge >= 0.3 is 0 Å². The number of fused-ring (bicyclic) bond motifs is 1. The minimum atomic E-state index is 0.00244. The Morgan fingerprint density at radius 2 is 2.06 bits per heavy atom. The van der Waals surface area contributed by atoms with E-state index in [9.17, 15) is 4.79 Å². The normalized spacial score (nSPS) is 12.1. The van der Waals surface area contributed by atoms with E-state index in [1.807, 2.05) is 48.9 Å². The first-order valence-corrected chi connectivity index (χ1v) is 11.5. The molecule has 32 heavy (non-hydrogen) atoms. The van der Waals surface area contributed by atoms with Gasteiger partial charge in [-0.3, -0.25) is 4.79 Å². The topological polar surface area (TPSA) is 67.9 Å². The number of hydrogen-bond acceptors (Lipinski definition) is 4. The Morgan fingerprint density at radius 1 is 1.25 bits per heavy atom. The van der Waals surface area contributed by atoms with Crippen molar-refractivity contribution >= 4 is 40.0 Å². The van der Waals surface area contributed by atoms with E-state index < -0.39 is 0 Å². The van der Waals surface area contributed by atoms with Crippen LogP contribution in [0.5, 0.6) is 0 Å². The molecule has 0 spiro atoms. The summed E-state index contributed by atoms with van der Waals surface area (Å²) in [7, 11) is 1.93. The average molecular weight is 472 g/mol. The Labute approximate surface area is 198 Å². The smallest absolute Gasteiger partial charge is 0.165 e. The molecule has 5 nitrogen and oxygen atoms in total. The van der Waals surface area contributed by atoms with Gasteiger partial charge in [-0.1, -0.05) is 42.3 Å². The van der Waals surface area contributed by atoms with Gasteiger partial charge in [0.05, 0.1) is 17.7 Å². The summed E-state index contributed by atoms with van der Waals surface area (Å²) in [5.41, 5.74) is 3.44. The van der Waals surface area contributed by atoms with Crippen molar-refractivity contribution in [3.8, 4) is 6.07 Å². The SMILES string of the molecule is C[C@H](CC#N)CC(=O)c1c(CCCCOCc2cccc(Cl)c2)n(C)c2ncc(Cl)cc12. The van der Waals surface area contributed by atoms with Crippen LogP contribution in [-0.2, 0) is 24.8 Å². The third kappa shape index (κ3) is 6.10. The number of aryl methyl sites for hydroxylation is 1. The Kier molecular flexibility index (Phi) is 8.69. The highest BCUT2D eigenvalue weighted by Crippen LogP contribution is 2.30. The average Bonchev–Trinajstić information content (AvgIpc) is 3.01. The zero-order valence-corrected chi connectivity index (χ0v) is 19.9. The molecule has 0 aliphatic rings. The molecule has 1 aromatic carbocycles. The number of carbonyl (C=O) groups is 1. The lowest BCUT2D eigenvalue weighted by Crippen LogP contribution is -2.10. The van der Waals surface area contributed by atoms with Crippen LogP contribution in [-0.4, -0.2) is 21.9 Å². The quantitative estimate of drug-likeness (QED) is 0.235. The van der Waals surface area contributed by atoms with Crippen LogP contribution in [0.4, 0.5) is 0 Å². The summed E-state index contributed by atoms with van der Waals surface area (Å²) in [6.45, 7) is 3.08. The maximum atomic E-state index is 13.2. The van der Waals surface area contributed by atoms with Gasteiger partial charge in [-0.25, -0.2) is 4.98 Å². The fourth-order valence-corrected chi connectivity index (χ4v) is 4.27. The van der Waals surface area contributed by atoms with Gasteiger partial charge in [0, 0.05) is 54.4 Å². The molecule has 0 unspecified atom stereocenters. The summed E-state index contributed by atoms with van der Waals surface area (Å²) in [6, 6.07) is 11.6. The van der Waals surface area contributed by atoms with Gasteiger partial charge in [-0.15, -0.1) is 0 Å². The van der Waals surface area contributed by atoms with Crippen LogP contribution in [0.2, 0.25) is 10.0 Å². The second kappa shape index (κ2) is 11.5. The van der Waals surface area contributed by atoms with Gasteiger partial charge in [0.25, 0.3) is 0 Å². The molecular weight excluding hydrogens is 445 g/mol. The Bertz CT molecular complexity index is 1130. The lowest BCUT2D eigenvalue weighted by Gasteiger charge is -2.10. The second-order valence-corrected chi connectivity index (χ2v) is 9.01. The van der Waals surface area contributed by atoms with E-state index in [0.29, 0.717) is 41.7 Å². The first-order valence-electron chi connectivity index (χ1n) is 10.8. The third-order valence-electron chi connectivity index (χ3n) is 5.48. The number of hydrogen-bond donors (Lipinski definition) is 0. The summed E-state index contributed by atoms with van der Waals surface area (Å²) in [5, 5.41) is 10.9. The molecule has 0 radical (unpaired) electrons. The van der Waals surface area contributed by atoms with E-state index in [1.54, 1.807) is 6.20 Å². The monoisotopic (exact) mass is 471 g/mol. The molecule has 2 heterocycles. The van der Waals surface area contributed by atoms with Gasteiger partial charge in [0.15, 0.2) is 5.78 Å². The molecule has 0 saturated carbocycles.